The molecule has 4 heteroatoms. The molecule has 0 aliphatic rings. The minimum atomic E-state index is 0.0205. The van der Waals surface area contributed by atoms with Crippen LogP contribution in [0.1, 0.15) is 38.3 Å². The third-order valence-electron chi connectivity index (χ3n) is 4.44. The van der Waals surface area contributed by atoms with Crippen molar-refractivity contribution in [3.05, 3.63) is 28.8 Å². The van der Waals surface area contributed by atoms with E-state index in [2.05, 4.69) is 38.2 Å². The van der Waals surface area contributed by atoms with Gasteiger partial charge in [0.05, 0.1) is 13.2 Å². The molecule has 0 amide bonds. The molecule has 1 atom stereocenters. The van der Waals surface area contributed by atoms with Crippen molar-refractivity contribution in [1.82, 2.24) is 10.2 Å². The van der Waals surface area contributed by atoms with Crippen molar-refractivity contribution in [3.63, 3.8) is 0 Å². The Morgan fingerprint density at radius 2 is 1.90 bits per heavy atom. The largest absolute Gasteiger partial charge is 0.496 e. The predicted molar refractivity (Wildman–Crippen MR) is 86.8 cm³/mol. The first-order chi connectivity index (χ1) is 9.46. The van der Waals surface area contributed by atoms with Crippen LogP contribution in [0.25, 0.3) is 0 Å². The van der Waals surface area contributed by atoms with Crippen molar-refractivity contribution in [2.24, 2.45) is 0 Å². The zero-order chi connectivity index (χ0) is 15.3. The molecule has 0 aromatic heterocycles. The first-order valence-corrected chi connectivity index (χ1v) is 7.52. The number of nitrogens with one attached hydrogen (secondary N) is 1. The maximum atomic E-state index is 6.19. The van der Waals surface area contributed by atoms with Gasteiger partial charge >= 0.3 is 0 Å². The molecule has 1 aromatic rings. The lowest BCUT2D eigenvalue weighted by Gasteiger charge is -2.45. The number of rotatable bonds is 7. The summed E-state index contributed by atoms with van der Waals surface area (Å²) in [5.41, 5.74) is 1.13. The van der Waals surface area contributed by atoms with E-state index < -0.39 is 0 Å². The van der Waals surface area contributed by atoms with Gasteiger partial charge in [-0.15, -0.1) is 0 Å². The Balaban J connectivity index is 3.40. The summed E-state index contributed by atoms with van der Waals surface area (Å²) in [5.74, 6) is 0.877. The second-order valence-electron chi connectivity index (χ2n) is 5.31. The molecule has 114 valence electrons. The lowest BCUT2D eigenvalue weighted by Crippen LogP contribution is -2.52. The number of methoxy groups -OCH3 is 1. The molecular formula is C16H27ClN2O. The molecule has 0 spiro atoms. The molecule has 1 rings (SSSR count). The smallest absolute Gasteiger partial charge is 0.123 e. The SMILES string of the molecule is CCC(CC)(C(NC)c1cc(Cl)ccc1OC)N(C)C. The van der Waals surface area contributed by atoms with E-state index in [-0.39, 0.29) is 11.6 Å². The van der Waals surface area contributed by atoms with E-state index in [0.717, 1.165) is 29.2 Å². The van der Waals surface area contributed by atoms with E-state index in [1.165, 1.54) is 0 Å². The van der Waals surface area contributed by atoms with Crippen molar-refractivity contribution in [2.45, 2.75) is 38.3 Å². The molecule has 1 unspecified atom stereocenters. The monoisotopic (exact) mass is 298 g/mol. The van der Waals surface area contributed by atoms with Crippen LogP contribution in [0.2, 0.25) is 5.02 Å². The molecule has 0 saturated carbocycles. The summed E-state index contributed by atoms with van der Waals surface area (Å²) in [4.78, 5) is 2.30. The zero-order valence-corrected chi connectivity index (χ0v) is 14.2. The minimum Gasteiger partial charge on any atom is -0.496 e. The molecule has 0 aliphatic carbocycles. The first kappa shape index (κ1) is 17.3. The average molecular weight is 299 g/mol. The fraction of sp³-hybridized carbons (Fsp3) is 0.625. The van der Waals surface area contributed by atoms with Gasteiger partial charge in [0, 0.05) is 16.1 Å². The van der Waals surface area contributed by atoms with Crippen LogP contribution in [0.3, 0.4) is 0 Å². The highest BCUT2D eigenvalue weighted by Crippen LogP contribution is 2.40. The van der Waals surface area contributed by atoms with Crippen molar-refractivity contribution in [3.8, 4) is 5.75 Å². The van der Waals surface area contributed by atoms with E-state index in [1.54, 1.807) is 7.11 Å². The van der Waals surface area contributed by atoms with Crippen molar-refractivity contribution in [2.75, 3.05) is 28.3 Å². The van der Waals surface area contributed by atoms with Gasteiger partial charge in [-0.25, -0.2) is 0 Å². The van der Waals surface area contributed by atoms with Gasteiger partial charge in [0.25, 0.3) is 0 Å². The standard InChI is InChI=1S/C16H27ClN2O/c1-7-16(8-2,19(4)5)15(18-3)13-11-12(17)9-10-14(13)20-6/h9-11,15,18H,7-8H2,1-6H3. The van der Waals surface area contributed by atoms with E-state index in [9.17, 15) is 0 Å². The average Bonchev–Trinajstić information content (AvgIpc) is 2.44. The van der Waals surface area contributed by atoms with E-state index >= 15 is 0 Å². The van der Waals surface area contributed by atoms with Gasteiger partial charge in [-0.05, 0) is 52.2 Å². The summed E-state index contributed by atoms with van der Waals surface area (Å²) in [7, 11) is 7.96. The third-order valence-corrected chi connectivity index (χ3v) is 4.68. The minimum absolute atomic E-state index is 0.0205. The first-order valence-electron chi connectivity index (χ1n) is 7.14. The Hall–Kier alpha value is -0.770. The predicted octanol–water partition coefficient (Wildman–Crippen LogP) is 3.73. The second-order valence-corrected chi connectivity index (χ2v) is 5.75. The van der Waals surface area contributed by atoms with Crippen LogP contribution in [-0.4, -0.2) is 38.7 Å². The van der Waals surface area contributed by atoms with Crippen LogP contribution in [0.15, 0.2) is 18.2 Å². The third kappa shape index (κ3) is 3.11. The van der Waals surface area contributed by atoms with Gasteiger partial charge in [-0.3, -0.25) is 0 Å². The number of ether oxygens (including phenoxy) is 1. The lowest BCUT2D eigenvalue weighted by atomic mass is 9.79. The molecule has 1 N–H and O–H groups in total. The summed E-state index contributed by atoms with van der Waals surface area (Å²) in [5, 5.41) is 4.20. The highest BCUT2D eigenvalue weighted by molar-refractivity contribution is 6.30. The molecular weight excluding hydrogens is 272 g/mol. The summed E-state index contributed by atoms with van der Waals surface area (Å²) in [6.07, 6.45) is 2.08. The Bertz CT molecular complexity index is 430. The summed E-state index contributed by atoms with van der Waals surface area (Å²) < 4.78 is 5.53. The Labute approximate surface area is 128 Å². The van der Waals surface area contributed by atoms with Crippen molar-refractivity contribution in [1.29, 1.82) is 0 Å². The van der Waals surface area contributed by atoms with Gasteiger partial charge in [0.1, 0.15) is 5.75 Å². The molecule has 0 saturated heterocycles. The molecule has 20 heavy (non-hydrogen) atoms. The normalized spacial score (nSPS) is 13.6. The van der Waals surface area contributed by atoms with Crippen LogP contribution < -0.4 is 10.1 Å². The van der Waals surface area contributed by atoms with Gasteiger partial charge in [-0.1, -0.05) is 25.4 Å². The Morgan fingerprint density at radius 3 is 2.30 bits per heavy atom. The van der Waals surface area contributed by atoms with Crippen LogP contribution in [0.4, 0.5) is 0 Å². The van der Waals surface area contributed by atoms with Gasteiger partial charge in [0.2, 0.25) is 0 Å². The van der Waals surface area contributed by atoms with Crippen LogP contribution in [0, 0.1) is 0 Å². The van der Waals surface area contributed by atoms with Crippen molar-refractivity contribution >= 4 is 11.6 Å². The van der Waals surface area contributed by atoms with E-state index in [4.69, 9.17) is 16.3 Å². The number of hydrogen-bond acceptors (Lipinski definition) is 3. The van der Waals surface area contributed by atoms with Gasteiger partial charge in [0.15, 0.2) is 0 Å². The summed E-state index contributed by atoms with van der Waals surface area (Å²) in [6, 6.07) is 5.96. The Morgan fingerprint density at radius 1 is 1.30 bits per heavy atom. The quantitative estimate of drug-likeness (QED) is 0.830. The molecule has 3 nitrogen and oxygen atoms in total. The molecule has 1 aromatic carbocycles. The molecule has 0 bridgehead atoms. The number of benzene rings is 1. The van der Waals surface area contributed by atoms with Crippen LogP contribution >= 0.6 is 11.6 Å². The highest BCUT2D eigenvalue weighted by Gasteiger charge is 2.39. The number of likely N-dealkylation sites (N-methyl/N-ethyl adjacent to an activating group) is 2. The maximum Gasteiger partial charge on any atom is 0.123 e. The molecule has 0 radical (unpaired) electrons. The fourth-order valence-corrected chi connectivity index (χ4v) is 3.37. The Kier molecular flexibility index (Phi) is 6.31. The number of hydrogen-bond donors (Lipinski definition) is 1. The van der Waals surface area contributed by atoms with Crippen LogP contribution in [-0.2, 0) is 0 Å². The van der Waals surface area contributed by atoms with Gasteiger partial charge in [-0.2, -0.15) is 0 Å². The molecule has 0 fully saturated rings. The topological polar surface area (TPSA) is 24.5 Å². The summed E-state index contributed by atoms with van der Waals surface area (Å²) in [6.45, 7) is 4.45. The summed E-state index contributed by atoms with van der Waals surface area (Å²) >= 11 is 6.19. The molecule has 0 heterocycles. The lowest BCUT2D eigenvalue weighted by molar-refractivity contribution is 0.0905. The maximum absolute atomic E-state index is 6.19. The number of halogens is 1. The van der Waals surface area contributed by atoms with Crippen molar-refractivity contribution < 1.29 is 4.74 Å². The molecule has 0 aliphatic heterocycles. The fourth-order valence-electron chi connectivity index (χ4n) is 3.19. The highest BCUT2D eigenvalue weighted by atomic mass is 35.5. The van der Waals surface area contributed by atoms with E-state index in [0.29, 0.717) is 0 Å². The van der Waals surface area contributed by atoms with E-state index in [1.807, 2.05) is 25.2 Å². The zero-order valence-electron chi connectivity index (χ0n) is 13.5. The van der Waals surface area contributed by atoms with Gasteiger partial charge < -0.3 is 15.0 Å². The number of nitrogens with zero attached hydrogens (tertiary/aromatic N) is 1. The van der Waals surface area contributed by atoms with Crippen LogP contribution in [0.5, 0.6) is 5.75 Å². The second kappa shape index (κ2) is 7.30.